The number of hydrogen-bond acceptors (Lipinski definition) is 2. The van der Waals surface area contributed by atoms with Gasteiger partial charge in [-0.3, -0.25) is 0 Å². The minimum Gasteiger partial charge on any atom is -0.465 e. The zero-order valence-corrected chi connectivity index (χ0v) is 6.55. The van der Waals surface area contributed by atoms with E-state index < -0.39 is 6.09 Å². The van der Waals surface area contributed by atoms with Gasteiger partial charge in [-0.1, -0.05) is 5.11 Å². The molecule has 0 aromatic heterocycles. The second kappa shape index (κ2) is 3.82. The highest BCUT2D eigenvalue weighted by atomic mass is 16.4. The monoisotopic (exact) mass is 170 g/mol. The van der Waals surface area contributed by atoms with Crippen molar-refractivity contribution in [2.24, 2.45) is 5.11 Å². The van der Waals surface area contributed by atoms with Gasteiger partial charge < -0.3 is 10.0 Å². The fraction of sp³-hybridized carbons (Fsp3) is 0.833. The Kier molecular flexibility index (Phi) is 2.76. The molecule has 0 bridgehead atoms. The van der Waals surface area contributed by atoms with Crippen molar-refractivity contribution in [3.8, 4) is 0 Å². The topological polar surface area (TPSA) is 89.3 Å². The first kappa shape index (κ1) is 8.67. The van der Waals surface area contributed by atoms with Crippen LogP contribution in [0.4, 0.5) is 4.79 Å². The smallest absolute Gasteiger partial charge is 0.407 e. The average molecular weight is 170 g/mol. The van der Waals surface area contributed by atoms with Crippen LogP contribution < -0.4 is 0 Å². The third-order valence-electron chi connectivity index (χ3n) is 1.95. The predicted octanol–water partition coefficient (Wildman–Crippen LogP) is 1.44. The minimum atomic E-state index is -0.894. The van der Waals surface area contributed by atoms with Gasteiger partial charge in [-0.2, -0.15) is 0 Å². The van der Waals surface area contributed by atoms with Crippen LogP contribution in [0.3, 0.4) is 0 Å². The van der Waals surface area contributed by atoms with Crippen LogP contribution in [-0.4, -0.2) is 35.2 Å². The maximum absolute atomic E-state index is 10.4. The van der Waals surface area contributed by atoms with Crippen molar-refractivity contribution < 1.29 is 9.90 Å². The predicted molar refractivity (Wildman–Crippen MR) is 41.8 cm³/mol. The van der Waals surface area contributed by atoms with Gasteiger partial charge >= 0.3 is 6.09 Å². The van der Waals surface area contributed by atoms with Crippen LogP contribution in [0.2, 0.25) is 0 Å². The molecule has 1 amide bonds. The fourth-order valence-electron chi connectivity index (χ4n) is 1.25. The fourth-order valence-corrected chi connectivity index (χ4v) is 1.25. The SMILES string of the molecule is [N-]=[N+]=NC1CCN(C(=O)O)CC1. The molecule has 1 heterocycles. The van der Waals surface area contributed by atoms with Gasteiger partial charge in [0.15, 0.2) is 0 Å². The molecule has 1 aliphatic heterocycles. The Morgan fingerprint density at radius 1 is 1.58 bits per heavy atom. The van der Waals surface area contributed by atoms with Gasteiger partial charge in [0.05, 0.1) is 0 Å². The van der Waals surface area contributed by atoms with Crippen LogP contribution in [0.1, 0.15) is 12.8 Å². The zero-order chi connectivity index (χ0) is 8.97. The lowest BCUT2D eigenvalue weighted by Gasteiger charge is -2.27. The molecule has 0 unspecified atom stereocenters. The van der Waals surface area contributed by atoms with Gasteiger partial charge in [0.1, 0.15) is 0 Å². The standard InChI is InChI=1S/C6H10N4O2/c7-9-8-5-1-3-10(4-2-5)6(11)12/h5H,1-4H2,(H,11,12). The number of carboxylic acid groups (broad SMARTS) is 1. The van der Waals surface area contributed by atoms with Crippen molar-refractivity contribution >= 4 is 6.09 Å². The molecule has 0 aromatic carbocycles. The van der Waals surface area contributed by atoms with Crippen molar-refractivity contribution in [3.63, 3.8) is 0 Å². The van der Waals surface area contributed by atoms with E-state index in [1.807, 2.05) is 0 Å². The summed E-state index contributed by atoms with van der Waals surface area (Å²) in [7, 11) is 0. The highest BCUT2D eigenvalue weighted by molar-refractivity contribution is 5.65. The van der Waals surface area contributed by atoms with E-state index in [2.05, 4.69) is 10.0 Å². The van der Waals surface area contributed by atoms with E-state index in [-0.39, 0.29) is 6.04 Å². The third kappa shape index (κ3) is 2.03. The number of hydrogen-bond donors (Lipinski definition) is 1. The molecule has 12 heavy (non-hydrogen) atoms. The van der Waals surface area contributed by atoms with Crippen LogP contribution in [0.5, 0.6) is 0 Å². The second-order valence-corrected chi connectivity index (χ2v) is 2.71. The Labute approximate surface area is 69.4 Å². The molecule has 1 fully saturated rings. The number of rotatable bonds is 1. The molecule has 66 valence electrons. The molecule has 0 atom stereocenters. The van der Waals surface area contributed by atoms with Gasteiger partial charge in [-0.25, -0.2) is 4.79 Å². The molecule has 6 heteroatoms. The summed E-state index contributed by atoms with van der Waals surface area (Å²) in [5.41, 5.74) is 8.12. The largest absolute Gasteiger partial charge is 0.465 e. The molecular weight excluding hydrogens is 160 g/mol. The summed E-state index contributed by atoms with van der Waals surface area (Å²) in [4.78, 5) is 14.5. The molecule has 0 saturated carbocycles. The van der Waals surface area contributed by atoms with Crippen LogP contribution in [0.25, 0.3) is 10.4 Å². The molecule has 0 spiro atoms. The van der Waals surface area contributed by atoms with E-state index in [1.165, 1.54) is 4.90 Å². The summed E-state index contributed by atoms with van der Waals surface area (Å²) in [6, 6.07) is -0.0226. The maximum atomic E-state index is 10.4. The highest BCUT2D eigenvalue weighted by Gasteiger charge is 2.20. The first-order chi connectivity index (χ1) is 5.74. The van der Waals surface area contributed by atoms with E-state index >= 15 is 0 Å². The molecule has 1 rings (SSSR count). The molecular formula is C6H10N4O2. The first-order valence-electron chi connectivity index (χ1n) is 3.76. The molecule has 0 radical (unpaired) electrons. The van der Waals surface area contributed by atoms with Gasteiger partial charge in [-0.15, -0.1) is 0 Å². The number of likely N-dealkylation sites (tertiary alicyclic amines) is 1. The second-order valence-electron chi connectivity index (χ2n) is 2.71. The zero-order valence-electron chi connectivity index (χ0n) is 6.55. The van der Waals surface area contributed by atoms with Crippen molar-refractivity contribution in [2.75, 3.05) is 13.1 Å². The Morgan fingerprint density at radius 2 is 2.17 bits per heavy atom. The Bertz CT molecular complexity index is 206. The molecule has 1 N–H and O–H groups in total. The third-order valence-corrected chi connectivity index (χ3v) is 1.95. The van der Waals surface area contributed by atoms with Crippen molar-refractivity contribution in [1.29, 1.82) is 0 Å². The van der Waals surface area contributed by atoms with Gasteiger partial charge in [0.25, 0.3) is 0 Å². The Morgan fingerprint density at radius 3 is 2.58 bits per heavy atom. The first-order valence-corrected chi connectivity index (χ1v) is 3.76. The lowest BCUT2D eigenvalue weighted by atomic mass is 10.1. The number of nitrogens with zero attached hydrogens (tertiary/aromatic N) is 4. The molecule has 0 aromatic rings. The summed E-state index contributed by atoms with van der Waals surface area (Å²) in [5.74, 6) is 0. The van der Waals surface area contributed by atoms with Gasteiger partial charge in [0.2, 0.25) is 0 Å². The van der Waals surface area contributed by atoms with Crippen LogP contribution in [-0.2, 0) is 0 Å². The maximum Gasteiger partial charge on any atom is 0.407 e. The lowest BCUT2D eigenvalue weighted by molar-refractivity contribution is 0.132. The van der Waals surface area contributed by atoms with E-state index in [4.69, 9.17) is 10.6 Å². The molecule has 0 aliphatic carbocycles. The van der Waals surface area contributed by atoms with Crippen LogP contribution >= 0.6 is 0 Å². The number of carbonyl (C=O) groups is 1. The normalized spacial score (nSPS) is 18.5. The number of piperidine rings is 1. The molecule has 1 saturated heterocycles. The van der Waals surface area contributed by atoms with Crippen molar-refractivity contribution in [1.82, 2.24) is 4.90 Å². The lowest BCUT2D eigenvalue weighted by Crippen LogP contribution is -2.38. The summed E-state index contributed by atoms with van der Waals surface area (Å²) >= 11 is 0. The van der Waals surface area contributed by atoms with Gasteiger partial charge in [-0.05, 0) is 18.4 Å². The summed E-state index contributed by atoms with van der Waals surface area (Å²) < 4.78 is 0. The molecule has 1 aliphatic rings. The van der Waals surface area contributed by atoms with Crippen LogP contribution in [0.15, 0.2) is 5.11 Å². The summed E-state index contributed by atoms with van der Waals surface area (Å²) in [6.45, 7) is 0.942. The van der Waals surface area contributed by atoms with E-state index in [0.29, 0.717) is 25.9 Å². The van der Waals surface area contributed by atoms with E-state index in [0.717, 1.165) is 0 Å². The number of amides is 1. The summed E-state index contributed by atoms with van der Waals surface area (Å²) in [6.07, 6.45) is 0.376. The number of azide groups is 1. The van der Waals surface area contributed by atoms with E-state index in [9.17, 15) is 4.79 Å². The van der Waals surface area contributed by atoms with E-state index in [1.54, 1.807) is 0 Å². The minimum absolute atomic E-state index is 0.0226. The summed E-state index contributed by atoms with van der Waals surface area (Å²) in [5, 5.41) is 12.1. The average Bonchev–Trinajstić information content (AvgIpc) is 2.06. The highest BCUT2D eigenvalue weighted by Crippen LogP contribution is 2.13. The van der Waals surface area contributed by atoms with Gasteiger partial charge in [0, 0.05) is 24.0 Å². The van der Waals surface area contributed by atoms with Crippen molar-refractivity contribution in [3.05, 3.63) is 10.4 Å². The molecule has 6 nitrogen and oxygen atoms in total. The Balaban J connectivity index is 2.39. The van der Waals surface area contributed by atoms with Crippen molar-refractivity contribution in [2.45, 2.75) is 18.9 Å². The Hall–Kier alpha value is -1.42. The van der Waals surface area contributed by atoms with Crippen LogP contribution in [0, 0.1) is 0 Å². The quantitative estimate of drug-likeness (QED) is 0.366.